The molecule has 60 valence electrons. The van der Waals surface area contributed by atoms with Gasteiger partial charge in [0.25, 0.3) is 0 Å². The molecule has 0 radical (unpaired) electrons. The number of rotatable bonds is 2. The van der Waals surface area contributed by atoms with Gasteiger partial charge in [-0.2, -0.15) is 0 Å². The number of hydrogen-bond donors (Lipinski definition) is 0. The van der Waals surface area contributed by atoms with Crippen LogP contribution in [0.3, 0.4) is 0 Å². The third-order valence-electron chi connectivity index (χ3n) is 1.60. The molecule has 1 aromatic carbocycles. The minimum Gasteiger partial charge on any atom is -0.763 e. The molecule has 0 bridgehead atoms. The summed E-state index contributed by atoms with van der Waals surface area (Å²) in [6, 6.07) is 7.27. The standard InChI is InChI=1S/C10H8NO/c1-8-2-4-9(5-3-8)10(6-11)7-12/h2-5,7H,1H3/q-1. The summed E-state index contributed by atoms with van der Waals surface area (Å²) in [6.45, 7) is 1.96. The highest BCUT2D eigenvalue weighted by Gasteiger charge is 1.95. The fraction of sp³-hybridized carbons (Fsp3) is 0.100. The topological polar surface area (TPSA) is 39.4 Å². The molecule has 0 aromatic heterocycles. The van der Waals surface area contributed by atoms with Crippen LogP contribution in [-0.4, -0.2) is 12.2 Å². The van der Waals surface area contributed by atoms with Crippen molar-refractivity contribution in [1.29, 1.82) is 0 Å². The van der Waals surface area contributed by atoms with Crippen LogP contribution in [0.15, 0.2) is 24.3 Å². The van der Waals surface area contributed by atoms with Crippen molar-refractivity contribution in [2.45, 2.75) is 6.92 Å². The van der Waals surface area contributed by atoms with E-state index >= 15 is 0 Å². The van der Waals surface area contributed by atoms with Crippen LogP contribution in [0, 0.1) is 6.92 Å². The zero-order chi connectivity index (χ0) is 8.97. The van der Waals surface area contributed by atoms with Crippen molar-refractivity contribution in [2.75, 3.05) is 0 Å². The van der Waals surface area contributed by atoms with E-state index in [1.807, 2.05) is 24.9 Å². The van der Waals surface area contributed by atoms with Gasteiger partial charge in [-0.15, -0.1) is 0 Å². The lowest BCUT2D eigenvalue weighted by molar-refractivity contribution is -0.103. The molecule has 0 N–H and O–H groups in total. The van der Waals surface area contributed by atoms with E-state index < -0.39 is 0 Å². The lowest BCUT2D eigenvalue weighted by atomic mass is 10.1. The summed E-state index contributed by atoms with van der Waals surface area (Å²) in [7, 11) is 0. The van der Waals surface area contributed by atoms with Gasteiger partial charge < -0.3 is 5.41 Å². The summed E-state index contributed by atoms with van der Waals surface area (Å²) >= 11 is 0. The van der Waals surface area contributed by atoms with Gasteiger partial charge in [-0.05, 0) is 12.5 Å². The summed E-state index contributed by atoms with van der Waals surface area (Å²) in [6.07, 6.45) is 0.574. The van der Waals surface area contributed by atoms with Gasteiger partial charge in [-0.3, -0.25) is 10.7 Å². The van der Waals surface area contributed by atoms with Crippen LogP contribution in [0.4, 0.5) is 0 Å². The average molecular weight is 158 g/mol. The number of benzene rings is 1. The van der Waals surface area contributed by atoms with Crippen molar-refractivity contribution in [3.63, 3.8) is 0 Å². The number of allylic oxidation sites excluding steroid dienone is 1. The van der Waals surface area contributed by atoms with Crippen LogP contribution in [0.5, 0.6) is 0 Å². The van der Waals surface area contributed by atoms with Gasteiger partial charge in [0, 0.05) is 5.57 Å². The van der Waals surface area contributed by atoms with E-state index in [1.165, 1.54) is 0 Å². The van der Waals surface area contributed by atoms with E-state index in [9.17, 15) is 4.79 Å². The number of carbonyl (C=O) groups excluding carboxylic acids is 1. The summed E-state index contributed by atoms with van der Waals surface area (Å²) in [5.41, 5.74) is 1.97. The molecule has 1 aromatic rings. The molecule has 2 nitrogen and oxygen atoms in total. The highest BCUT2D eigenvalue weighted by Crippen LogP contribution is 2.09. The third-order valence-corrected chi connectivity index (χ3v) is 1.60. The van der Waals surface area contributed by atoms with Crippen LogP contribution in [0.25, 0.3) is 11.0 Å². The first-order valence-corrected chi connectivity index (χ1v) is 3.57. The number of hydrogen-bond acceptors (Lipinski definition) is 1. The van der Waals surface area contributed by atoms with Crippen LogP contribution < -0.4 is 0 Å². The molecular formula is C10H8NO-. The summed E-state index contributed by atoms with van der Waals surface area (Å²) in [5.74, 6) is 1.84. The number of carbonyl (C=O) groups is 1. The third kappa shape index (κ3) is 1.68. The Labute approximate surface area is 71.0 Å². The molecule has 0 aliphatic rings. The van der Waals surface area contributed by atoms with Gasteiger partial charge in [-0.25, -0.2) is 0 Å². The Kier molecular flexibility index (Phi) is 2.57. The maximum atomic E-state index is 10.4. The lowest BCUT2D eigenvalue weighted by Crippen LogP contribution is -1.85. The predicted octanol–water partition coefficient (Wildman–Crippen LogP) is 1.82. The van der Waals surface area contributed by atoms with Crippen LogP contribution in [-0.2, 0) is 4.79 Å². The zero-order valence-electron chi connectivity index (χ0n) is 6.74. The van der Waals surface area contributed by atoms with Crippen molar-refractivity contribution >= 4 is 17.7 Å². The van der Waals surface area contributed by atoms with Gasteiger partial charge in [0.15, 0.2) is 6.29 Å². The van der Waals surface area contributed by atoms with Gasteiger partial charge in [0.1, 0.15) is 0 Å². The second-order valence-electron chi connectivity index (χ2n) is 2.51. The highest BCUT2D eigenvalue weighted by atomic mass is 16.1. The maximum absolute atomic E-state index is 10.4. The number of aryl methyl sites for hydroxylation is 1. The summed E-state index contributed by atoms with van der Waals surface area (Å²) in [5, 5.41) is 8.53. The van der Waals surface area contributed by atoms with Crippen LogP contribution >= 0.6 is 0 Å². The molecule has 0 fully saturated rings. The molecule has 0 aliphatic heterocycles. The first-order valence-electron chi connectivity index (χ1n) is 3.57. The Morgan fingerprint density at radius 1 is 1.42 bits per heavy atom. The van der Waals surface area contributed by atoms with Gasteiger partial charge in [-0.1, -0.05) is 29.8 Å². The molecule has 0 unspecified atom stereocenters. The quantitative estimate of drug-likeness (QED) is 0.367. The van der Waals surface area contributed by atoms with Gasteiger partial charge >= 0.3 is 0 Å². The molecule has 0 aliphatic carbocycles. The lowest BCUT2D eigenvalue weighted by Gasteiger charge is -1.98. The second kappa shape index (κ2) is 3.65. The molecule has 1 rings (SSSR count). The summed E-state index contributed by atoms with van der Waals surface area (Å²) in [4.78, 5) is 10.4. The van der Waals surface area contributed by atoms with Crippen molar-refractivity contribution in [1.82, 2.24) is 0 Å². The minimum absolute atomic E-state index is 0.176. The second-order valence-corrected chi connectivity index (χ2v) is 2.51. The zero-order valence-corrected chi connectivity index (χ0v) is 6.74. The first-order chi connectivity index (χ1) is 5.77. The van der Waals surface area contributed by atoms with Crippen molar-refractivity contribution in [3.05, 3.63) is 40.8 Å². The highest BCUT2D eigenvalue weighted by molar-refractivity contribution is 6.19. The molecule has 12 heavy (non-hydrogen) atoms. The molecule has 2 heteroatoms. The number of aldehydes is 1. The van der Waals surface area contributed by atoms with E-state index in [0.717, 1.165) is 5.56 Å². The van der Waals surface area contributed by atoms with Crippen molar-refractivity contribution in [3.8, 4) is 0 Å². The molecule has 0 spiro atoms. The monoisotopic (exact) mass is 158 g/mol. The smallest absolute Gasteiger partial charge is 0.156 e. The maximum Gasteiger partial charge on any atom is 0.156 e. The van der Waals surface area contributed by atoms with E-state index in [-0.39, 0.29) is 5.57 Å². The van der Waals surface area contributed by atoms with E-state index in [0.29, 0.717) is 11.8 Å². The first kappa shape index (κ1) is 8.44. The van der Waals surface area contributed by atoms with Crippen molar-refractivity contribution < 1.29 is 4.79 Å². The van der Waals surface area contributed by atoms with E-state index in [2.05, 4.69) is 0 Å². The predicted molar refractivity (Wildman–Crippen MR) is 49.0 cm³/mol. The molecule has 0 heterocycles. The van der Waals surface area contributed by atoms with Gasteiger partial charge in [0.05, 0.1) is 0 Å². The Morgan fingerprint density at radius 2 is 2.00 bits per heavy atom. The Bertz CT molecular complexity index is 331. The van der Waals surface area contributed by atoms with E-state index in [1.54, 1.807) is 12.1 Å². The fourth-order valence-corrected chi connectivity index (χ4v) is 0.892. The molecule has 0 saturated carbocycles. The molecule has 0 atom stereocenters. The number of nitrogens with zero attached hydrogens (tertiary/aromatic N) is 1. The SMILES string of the molecule is Cc1ccc(C(=C=[N-])C=O)cc1. The van der Waals surface area contributed by atoms with Crippen LogP contribution in [0.2, 0.25) is 0 Å². The largest absolute Gasteiger partial charge is 0.763 e. The fourth-order valence-electron chi connectivity index (χ4n) is 0.892. The van der Waals surface area contributed by atoms with Crippen molar-refractivity contribution in [2.24, 2.45) is 0 Å². The Balaban J connectivity index is 3.12. The molecule has 0 amide bonds. The van der Waals surface area contributed by atoms with E-state index in [4.69, 9.17) is 5.41 Å². The molecular weight excluding hydrogens is 150 g/mol. The Morgan fingerprint density at radius 3 is 2.42 bits per heavy atom. The Hall–Kier alpha value is -1.66. The summed E-state index contributed by atoms with van der Waals surface area (Å²) < 4.78 is 0. The van der Waals surface area contributed by atoms with Gasteiger partial charge in [0.2, 0.25) is 0 Å². The average Bonchev–Trinajstić information content (AvgIpc) is 2.10. The normalized spacial score (nSPS) is 8.75. The van der Waals surface area contributed by atoms with Crippen LogP contribution in [0.1, 0.15) is 11.1 Å². The molecule has 0 saturated heterocycles. The minimum atomic E-state index is 0.176.